The number of aryl methyl sites for hydroxylation is 2. The molecule has 0 aliphatic carbocycles. The highest BCUT2D eigenvalue weighted by Crippen LogP contribution is 2.17. The summed E-state index contributed by atoms with van der Waals surface area (Å²) < 4.78 is 5.41. The highest BCUT2D eigenvalue weighted by atomic mass is 16.5. The number of ether oxygens (including phenoxy) is 1. The maximum atomic E-state index is 12.2. The molecule has 0 aliphatic heterocycles. The quantitative estimate of drug-likeness (QED) is 0.698. The third-order valence-electron chi connectivity index (χ3n) is 3.80. The molecule has 1 aromatic heterocycles. The van der Waals surface area contributed by atoms with Crippen molar-refractivity contribution in [2.75, 3.05) is 13.2 Å². The fourth-order valence-electron chi connectivity index (χ4n) is 2.54. The molecule has 0 fully saturated rings. The molecule has 0 unspecified atom stereocenters. The molecule has 138 valence electrons. The van der Waals surface area contributed by atoms with Gasteiger partial charge in [-0.2, -0.15) is 0 Å². The monoisotopic (exact) mass is 357 g/mol. The van der Waals surface area contributed by atoms with Crippen molar-refractivity contribution in [3.63, 3.8) is 0 Å². The van der Waals surface area contributed by atoms with Crippen LogP contribution < -0.4 is 20.9 Å². The predicted octanol–water partition coefficient (Wildman–Crippen LogP) is 1.44. The molecule has 1 heterocycles. The van der Waals surface area contributed by atoms with Gasteiger partial charge < -0.3 is 20.4 Å². The van der Waals surface area contributed by atoms with Crippen LogP contribution in [0.5, 0.6) is 5.75 Å². The number of hydrogen-bond donors (Lipinski definition) is 3. The van der Waals surface area contributed by atoms with Crippen molar-refractivity contribution >= 4 is 11.8 Å². The lowest BCUT2D eigenvalue weighted by molar-refractivity contribution is -0.120. The second kappa shape index (κ2) is 8.84. The van der Waals surface area contributed by atoms with Gasteiger partial charge in [0.2, 0.25) is 5.91 Å². The van der Waals surface area contributed by atoms with E-state index in [1.807, 2.05) is 19.9 Å². The molecule has 0 atom stereocenters. The summed E-state index contributed by atoms with van der Waals surface area (Å²) in [6, 6.07) is 8.67. The Morgan fingerprint density at radius 2 is 1.88 bits per heavy atom. The van der Waals surface area contributed by atoms with E-state index in [0.29, 0.717) is 23.5 Å². The van der Waals surface area contributed by atoms with Gasteiger partial charge in [-0.05, 0) is 44.5 Å². The molecule has 2 aromatic rings. The molecule has 0 radical (unpaired) electrons. The van der Waals surface area contributed by atoms with Crippen LogP contribution in [0.1, 0.15) is 34.1 Å². The van der Waals surface area contributed by atoms with Crippen LogP contribution in [0.2, 0.25) is 0 Å². The Kier molecular flexibility index (Phi) is 6.54. The molecule has 7 nitrogen and oxygen atoms in total. The number of para-hydroxylation sites is 1. The van der Waals surface area contributed by atoms with E-state index in [-0.39, 0.29) is 24.6 Å². The van der Waals surface area contributed by atoms with Crippen LogP contribution in [0, 0.1) is 13.8 Å². The van der Waals surface area contributed by atoms with Crippen molar-refractivity contribution in [2.24, 2.45) is 0 Å². The number of hydrogen-bond acceptors (Lipinski definition) is 4. The van der Waals surface area contributed by atoms with Crippen LogP contribution in [0.3, 0.4) is 0 Å². The Bertz CT molecular complexity index is 858. The number of carbonyl (C=O) groups is 2. The summed E-state index contributed by atoms with van der Waals surface area (Å²) >= 11 is 0. The zero-order chi connectivity index (χ0) is 19.1. The number of H-pyrrole nitrogens is 1. The van der Waals surface area contributed by atoms with E-state index >= 15 is 0 Å². The molecule has 0 saturated heterocycles. The fourth-order valence-corrected chi connectivity index (χ4v) is 2.54. The van der Waals surface area contributed by atoms with Crippen LogP contribution >= 0.6 is 0 Å². The first-order valence-electron chi connectivity index (χ1n) is 8.38. The van der Waals surface area contributed by atoms with Gasteiger partial charge in [-0.25, -0.2) is 0 Å². The normalized spacial score (nSPS) is 10.3. The lowest BCUT2D eigenvalue weighted by Gasteiger charge is -2.11. The molecule has 7 heteroatoms. The van der Waals surface area contributed by atoms with Gasteiger partial charge in [-0.3, -0.25) is 14.4 Å². The van der Waals surface area contributed by atoms with Crippen LogP contribution in [0.25, 0.3) is 0 Å². The average molecular weight is 357 g/mol. The van der Waals surface area contributed by atoms with Crippen molar-refractivity contribution in [1.82, 2.24) is 15.6 Å². The molecular formula is C19H23N3O4. The van der Waals surface area contributed by atoms with Gasteiger partial charge in [0, 0.05) is 17.8 Å². The Hall–Kier alpha value is -3.09. The third kappa shape index (κ3) is 4.95. The van der Waals surface area contributed by atoms with Gasteiger partial charge in [-0.15, -0.1) is 0 Å². The Labute approximate surface area is 151 Å². The summed E-state index contributed by atoms with van der Waals surface area (Å²) in [5, 5.41) is 5.20. The maximum Gasteiger partial charge on any atom is 0.255 e. The van der Waals surface area contributed by atoms with Crippen LogP contribution in [-0.4, -0.2) is 29.9 Å². The summed E-state index contributed by atoms with van der Waals surface area (Å²) in [4.78, 5) is 38.9. The standard InChI is InChI=1S/C19H23N3O4/c1-4-26-16-8-6-5-7-14(16)18(24)21-11-17(23)20-10-15-12(2)9-13(3)22-19(15)25/h5-9H,4,10-11H2,1-3H3,(H,20,23)(H,21,24)(H,22,25). The fraction of sp³-hybridized carbons (Fsp3) is 0.316. The van der Waals surface area contributed by atoms with Crippen LogP contribution in [0.15, 0.2) is 35.1 Å². The van der Waals surface area contributed by atoms with Gasteiger partial charge in [-0.1, -0.05) is 12.1 Å². The van der Waals surface area contributed by atoms with Gasteiger partial charge in [0.15, 0.2) is 0 Å². The molecule has 0 bridgehead atoms. The number of rotatable bonds is 7. The topological polar surface area (TPSA) is 100 Å². The lowest BCUT2D eigenvalue weighted by Crippen LogP contribution is -2.37. The van der Waals surface area contributed by atoms with E-state index in [1.165, 1.54) is 0 Å². The van der Waals surface area contributed by atoms with E-state index in [9.17, 15) is 14.4 Å². The number of nitrogens with one attached hydrogen (secondary N) is 3. The minimum Gasteiger partial charge on any atom is -0.493 e. The summed E-state index contributed by atoms with van der Waals surface area (Å²) in [5.41, 5.74) is 2.21. The number of pyridine rings is 1. The number of amides is 2. The van der Waals surface area contributed by atoms with Crippen molar-refractivity contribution in [3.8, 4) is 5.75 Å². The van der Waals surface area contributed by atoms with E-state index < -0.39 is 5.91 Å². The van der Waals surface area contributed by atoms with E-state index in [0.717, 1.165) is 11.3 Å². The first-order chi connectivity index (χ1) is 12.4. The van der Waals surface area contributed by atoms with Gasteiger partial charge >= 0.3 is 0 Å². The number of aromatic nitrogens is 1. The molecule has 2 rings (SSSR count). The second-order valence-corrected chi connectivity index (χ2v) is 5.83. The van der Waals surface area contributed by atoms with Gasteiger partial charge in [0.1, 0.15) is 5.75 Å². The van der Waals surface area contributed by atoms with E-state index in [4.69, 9.17) is 4.74 Å². The molecule has 26 heavy (non-hydrogen) atoms. The van der Waals surface area contributed by atoms with E-state index in [1.54, 1.807) is 31.2 Å². The zero-order valence-electron chi connectivity index (χ0n) is 15.1. The molecular weight excluding hydrogens is 334 g/mol. The molecule has 1 aromatic carbocycles. The highest BCUT2D eigenvalue weighted by molar-refractivity contribution is 5.98. The van der Waals surface area contributed by atoms with Crippen LogP contribution in [0.4, 0.5) is 0 Å². The van der Waals surface area contributed by atoms with Gasteiger partial charge in [0.05, 0.1) is 18.7 Å². The lowest BCUT2D eigenvalue weighted by atomic mass is 10.1. The number of benzene rings is 1. The average Bonchev–Trinajstić information content (AvgIpc) is 2.59. The second-order valence-electron chi connectivity index (χ2n) is 5.83. The summed E-state index contributed by atoms with van der Waals surface area (Å²) in [6.45, 7) is 5.79. The minimum absolute atomic E-state index is 0.103. The maximum absolute atomic E-state index is 12.2. The Morgan fingerprint density at radius 3 is 2.58 bits per heavy atom. The molecule has 0 spiro atoms. The Morgan fingerprint density at radius 1 is 1.15 bits per heavy atom. The number of aromatic amines is 1. The minimum atomic E-state index is -0.395. The molecule has 0 aliphatic rings. The summed E-state index contributed by atoms with van der Waals surface area (Å²) in [5.74, 6) is -0.310. The molecule has 0 saturated carbocycles. The smallest absolute Gasteiger partial charge is 0.255 e. The molecule has 2 amide bonds. The predicted molar refractivity (Wildman–Crippen MR) is 98.3 cm³/mol. The van der Waals surface area contributed by atoms with Crippen molar-refractivity contribution in [3.05, 3.63) is 63.1 Å². The number of carbonyl (C=O) groups excluding carboxylic acids is 2. The van der Waals surface area contributed by atoms with Gasteiger partial charge in [0.25, 0.3) is 11.5 Å². The molecule has 3 N–H and O–H groups in total. The van der Waals surface area contributed by atoms with Crippen molar-refractivity contribution < 1.29 is 14.3 Å². The first-order valence-corrected chi connectivity index (χ1v) is 8.38. The highest BCUT2D eigenvalue weighted by Gasteiger charge is 2.13. The third-order valence-corrected chi connectivity index (χ3v) is 3.80. The SMILES string of the molecule is CCOc1ccccc1C(=O)NCC(=O)NCc1c(C)cc(C)[nH]c1=O. The largest absolute Gasteiger partial charge is 0.493 e. The van der Waals surface area contributed by atoms with Crippen molar-refractivity contribution in [2.45, 2.75) is 27.3 Å². The van der Waals surface area contributed by atoms with Crippen molar-refractivity contribution in [1.29, 1.82) is 0 Å². The summed E-state index contributed by atoms with van der Waals surface area (Å²) in [7, 11) is 0. The van der Waals surface area contributed by atoms with Crippen LogP contribution in [-0.2, 0) is 11.3 Å². The van der Waals surface area contributed by atoms with E-state index in [2.05, 4.69) is 15.6 Å². The summed E-state index contributed by atoms with van der Waals surface area (Å²) in [6.07, 6.45) is 0. The Balaban J connectivity index is 1.91. The zero-order valence-corrected chi connectivity index (χ0v) is 15.1. The first kappa shape index (κ1) is 19.2.